The molecule has 8 heteroatoms. The van der Waals surface area contributed by atoms with E-state index in [4.69, 9.17) is 9.47 Å². The van der Waals surface area contributed by atoms with Crippen LogP contribution >= 0.6 is 0 Å². The lowest BCUT2D eigenvalue weighted by molar-refractivity contribution is -0.535. The summed E-state index contributed by atoms with van der Waals surface area (Å²) in [5.41, 5.74) is -0.256. The highest BCUT2D eigenvalue weighted by molar-refractivity contribution is 5.74. The van der Waals surface area contributed by atoms with Crippen molar-refractivity contribution in [2.45, 2.75) is 58.7 Å². The van der Waals surface area contributed by atoms with E-state index in [9.17, 15) is 19.7 Å². The monoisotopic (exact) mass is 380 g/mol. The number of hydrogen-bond donors (Lipinski definition) is 1. The minimum atomic E-state index is -1.40. The highest BCUT2D eigenvalue weighted by Crippen LogP contribution is 2.28. The van der Waals surface area contributed by atoms with Crippen LogP contribution in [0.5, 0.6) is 0 Å². The molecule has 1 rings (SSSR count). The van der Waals surface area contributed by atoms with Crippen LogP contribution in [0.25, 0.3) is 0 Å². The zero-order valence-electron chi connectivity index (χ0n) is 16.4. The Kier molecular flexibility index (Phi) is 8.21. The first-order chi connectivity index (χ1) is 12.6. The molecular weight excluding hydrogens is 352 g/mol. The molecule has 0 unspecified atom stereocenters. The molecule has 1 aromatic carbocycles. The Morgan fingerprint density at radius 2 is 1.78 bits per heavy atom. The van der Waals surface area contributed by atoms with Gasteiger partial charge in [0, 0.05) is 4.92 Å². The van der Waals surface area contributed by atoms with Gasteiger partial charge in [0.25, 0.3) is 0 Å². The lowest BCUT2D eigenvalue weighted by Gasteiger charge is -2.28. The second kappa shape index (κ2) is 9.89. The number of esters is 1. The summed E-state index contributed by atoms with van der Waals surface area (Å²) in [5, 5.41) is 14.5. The predicted molar refractivity (Wildman–Crippen MR) is 99.7 cm³/mol. The van der Waals surface area contributed by atoms with E-state index in [-0.39, 0.29) is 13.0 Å². The quantitative estimate of drug-likeness (QED) is 0.420. The number of amides is 1. The van der Waals surface area contributed by atoms with E-state index in [1.807, 2.05) is 0 Å². The molecule has 0 heterocycles. The number of benzene rings is 1. The van der Waals surface area contributed by atoms with Gasteiger partial charge in [-0.1, -0.05) is 37.3 Å². The fourth-order valence-electron chi connectivity index (χ4n) is 2.76. The van der Waals surface area contributed by atoms with Gasteiger partial charge in [-0.15, -0.1) is 0 Å². The molecule has 0 aliphatic carbocycles. The Bertz CT molecular complexity index is 641. The summed E-state index contributed by atoms with van der Waals surface area (Å²) >= 11 is 0. The maximum absolute atomic E-state index is 12.3. The SMILES string of the molecule is CCOC(=O)[C@@H](CC)[C@@H]([C@@H](NC(=O)OC(C)(C)C)c1ccccc1)[N+](=O)[O-]. The summed E-state index contributed by atoms with van der Waals surface area (Å²) in [6, 6.07) is 6.06. The topological polar surface area (TPSA) is 108 Å². The van der Waals surface area contributed by atoms with Crippen molar-refractivity contribution < 1.29 is 24.0 Å². The fraction of sp³-hybridized carbons (Fsp3) is 0.579. The second-order valence-corrected chi connectivity index (χ2v) is 7.08. The van der Waals surface area contributed by atoms with Crippen LogP contribution in [0.15, 0.2) is 30.3 Å². The van der Waals surface area contributed by atoms with Gasteiger partial charge in [-0.2, -0.15) is 0 Å². The Balaban J connectivity index is 3.29. The van der Waals surface area contributed by atoms with Crippen LogP contribution in [-0.4, -0.2) is 35.2 Å². The summed E-state index contributed by atoms with van der Waals surface area (Å²) < 4.78 is 10.3. The van der Waals surface area contributed by atoms with Crippen molar-refractivity contribution in [1.29, 1.82) is 0 Å². The third-order valence-corrected chi connectivity index (χ3v) is 3.86. The third kappa shape index (κ3) is 6.88. The maximum atomic E-state index is 12.3. The van der Waals surface area contributed by atoms with Crippen LogP contribution in [0.3, 0.4) is 0 Å². The summed E-state index contributed by atoms with van der Waals surface area (Å²) in [5.74, 6) is -1.67. The molecule has 1 amide bonds. The van der Waals surface area contributed by atoms with Gasteiger partial charge in [-0.3, -0.25) is 14.9 Å². The molecule has 0 saturated carbocycles. The first-order valence-electron chi connectivity index (χ1n) is 8.95. The van der Waals surface area contributed by atoms with Crippen molar-refractivity contribution in [2.24, 2.45) is 5.92 Å². The predicted octanol–water partition coefficient (Wildman–Crippen LogP) is 3.49. The molecule has 0 aromatic heterocycles. The number of hydrogen-bond acceptors (Lipinski definition) is 6. The van der Waals surface area contributed by atoms with Crippen molar-refractivity contribution in [2.75, 3.05) is 6.61 Å². The van der Waals surface area contributed by atoms with Crippen molar-refractivity contribution in [3.8, 4) is 0 Å². The third-order valence-electron chi connectivity index (χ3n) is 3.86. The lowest BCUT2D eigenvalue weighted by Crippen LogP contribution is -2.48. The largest absolute Gasteiger partial charge is 0.466 e. The van der Waals surface area contributed by atoms with E-state index in [0.717, 1.165) is 0 Å². The minimum absolute atomic E-state index is 0.120. The van der Waals surface area contributed by atoms with Gasteiger partial charge in [-0.05, 0) is 39.7 Å². The van der Waals surface area contributed by atoms with Gasteiger partial charge in [0.15, 0.2) is 0 Å². The average Bonchev–Trinajstić information content (AvgIpc) is 2.57. The summed E-state index contributed by atoms with van der Waals surface area (Å²) in [7, 11) is 0. The van der Waals surface area contributed by atoms with E-state index in [2.05, 4.69) is 5.32 Å². The molecule has 0 aliphatic heterocycles. The molecule has 1 N–H and O–H groups in total. The molecular formula is C19H28N2O6. The first kappa shape index (κ1) is 22.4. The van der Waals surface area contributed by atoms with Gasteiger partial charge in [0.05, 0.1) is 6.61 Å². The molecule has 27 heavy (non-hydrogen) atoms. The number of nitrogens with zero attached hydrogens (tertiary/aromatic N) is 1. The van der Waals surface area contributed by atoms with Crippen LogP contribution in [0.2, 0.25) is 0 Å². The van der Waals surface area contributed by atoms with E-state index in [1.54, 1.807) is 65.0 Å². The maximum Gasteiger partial charge on any atom is 0.408 e. The van der Waals surface area contributed by atoms with E-state index in [0.29, 0.717) is 5.56 Å². The zero-order chi connectivity index (χ0) is 20.6. The highest BCUT2D eigenvalue weighted by atomic mass is 16.6. The summed E-state index contributed by atoms with van der Waals surface area (Å²) in [6.07, 6.45) is -0.592. The molecule has 3 atom stereocenters. The Morgan fingerprint density at radius 1 is 1.19 bits per heavy atom. The molecule has 8 nitrogen and oxygen atoms in total. The highest BCUT2D eigenvalue weighted by Gasteiger charge is 2.45. The molecule has 0 radical (unpaired) electrons. The smallest absolute Gasteiger partial charge is 0.408 e. The van der Waals surface area contributed by atoms with E-state index < -0.39 is 40.6 Å². The van der Waals surface area contributed by atoms with Crippen molar-refractivity contribution >= 4 is 12.1 Å². The van der Waals surface area contributed by atoms with Crippen molar-refractivity contribution in [1.82, 2.24) is 5.32 Å². The number of nitrogens with one attached hydrogen (secondary N) is 1. The second-order valence-electron chi connectivity index (χ2n) is 7.08. The number of carbonyl (C=O) groups excluding carboxylic acids is 2. The number of rotatable bonds is 8. The number of ether oxygens (including phenoxy) is 2. The van der Waals surface area contributed by atoms with Crippen LogP contribution in [0.4, 0.5) is 4.79 Å². The normalized spacial score (nSPS) is 14.6. The zero-order valence-corrected chi connectivity index (χ0v) is 16.4. The molecule has 0 spiro atoms. The van der Waals surface area contributed by atoms with Crippen LogP contribution in [0, 0.1) is 16.0 Å². The Labute approximate surface area is 159 Å². The van der Waals surface area contributed by atoms with Crippen LogP contribution in [0.1, 0.15) is 52.6 Å². The number of alkyl carbamates (subject to hydrolysis) is 1. The molecule has 1 aromatic rings. The number of nitro groups is 1. The van der Waals surface area contributed by atoms with Gasteiger partial charge in [0.2, 0.25) is 6.04 Å². The van der Waals surface area contributed by atoms with Gasteiger partial charge in [-0.25, -0.2) is 4.79 Å². The minimum Gasteiger partial charge on any atom is -0.466 e. The standard InChI is InChI=1S/C19H28N2O6/c1-6-14(17(22)26-7-2)16(21(24)25)15(13-11-9-8-10-12-13)20-18(23)27-19(3,4)5/h8-12,14-16H,6-7H2,1-5H3,(H,20,23)/t14-,15-,16-/m0/s1. The van der Waals surface area contributed by atoms with Gasteiger partial charge >= 0.3 is 12.1 Å². The molecule has 150 valence electrons. The van der Waals surface area contributed by atoms with Crippen LogP contribution in [-0.2, 0) is 14.3 Å². The van der Waals surface area contributed by atoms with E-state index in [1.165, 1.54) is 0 Å². The Morgan fingerprint density at radius 3 is 2.22 bits per heavy atom. The van der Waals surface area contributed by atoms with Gasteiger partial charge < -0.3 is 14.8 Å². The number of carbonyl (C=O) groups is 2. The van der Waals surface area contributed by atoms with E-state index >= 15 is 0 Å². The first-order valence-corrected chi connectivity index (χ1v) is 8.95. The lowest BCUT2D eigenvalue weighted by atomic mass is 9.87. The molecule has 0 bridgehead atoms. The summed E-state index contributed by atoms with van der Waals surface area (Å²) in [6.45, 7) is 8.52. The van der Waals surface area contributed by atoms with Crippen molar-refractivity contribution in [3.63, 3.8) is 0 Å². The fourth-order valence-corrected chi connectivity index (χ4v) is 2.76. The molecule has 0 saturated heterocycles. The average molecular weight is 380 g/mol. The molecule has 0 fully saturated rings. The Hall–Kier alpha value is -2.64. The van der Waals surface area contributed by atoms with Crippen LogP contribution < -0.4 is 5.32 Å². The summed E-state index contributed by atoms with van der Waals surface area (Å²) in [4.78, 5) is 36.0. The molecule has 0 aliphatic rings. The van der Waals surface area contributed by atoms with Gasteiger partial charge in [0.1, 0.15) is 17.6 Å². The van der Waals surface area contributed by atoms with Crippen molar-refractivity contribution in [3.05, 3.63) is 46.0 Å².